The van der Waals surface area contributed by atoms with Gasteiger partial charge >= 0.3 is 6.18 Å². The normalized spacial score (nSPS) is 13.7. The minimum atomic E-state index is -4.50. The maximum absolute atomic E-state index is 12.1. The maximum atomic E-state index is 12.1. The summed E-state index contributed by atoms with van der Waals surface area (Å²) >= 11 is 0. The first-order chi connectivity index (χ1) is 6.45. The highest BCUT2D eigenvalue weighted by molar-refractivity contribution is 5.71. The average molecular weight is 204 g/mol. The lowest BCUT2D eigenvalue weighted by molar-refractivity contribution is -0.149. The van der Waals surface area contributed by atoms with Gasteiger partial charge in [0.25, 0.3) is 0 Å². The Kier molecular flexibility index (Phi) is 2.85. The van der Waals surface area contributed by atoms with Crippen molar-refractivity contribution in [3.63, 3.8) is 0 Å². The Bertz CT molecular complexity index is 320. The van der Waals surface area contributed by atoms with E-state index in [2.05, 4.69) is 4.98 Å². The summed E-state index contributed by atoms with van der Waals surface area (Å²) < 4.78 is 36.3. The molecule has 1 rings (SSSR count). The zero-order chi connectivity index (χ0) is 10.8. The van der Waals surface area contributed by atoms with Crippen molar-refractivity contribution in [1.29, 1.82) is 0 Å². The molecule has 0 aromatic carbocycles. The van der Waals surface area contributed by atoms with Crippen LogP contribution in [0.4, 0.5) is 13.2 Å². The third-order valence-corrected chi connectivity index (χ3v) is 1.64. The third kappa shape index (κ3) is 2.29. The van der Waals surface area contributed by atoms with E-state index in [9.17, 15) is 18.0 Å². The molecule has 0 aliphatic heterocycles. The summed E-state index contributed by atoms with van der Waals surface area (Å²) in [6, 6.07) is 0.263. The van der Waals surface area contributed by atoms with Gasteiger partial charge in [-0.2, -0.15) is 13.2 Å². The standard InChI is InChI=1S/C8H7F3N2O/c9-8(10,11)7(12)5-1-2-6(4-14)13-3-5/h1-4,7H,12H2/t7-/m1/s1. The van der Waals surface area contributed by atoms with Crippen LogP contribution in [-0.4, -0.2) is 17.4 Å². The summed E-state index contributed by atoms with van der Waals surface area (Å²) in [7, 11) is 0. The molecular formula is C8H7F3N2O. The zero-order valence-corrected chi connectivity index (χ0v) is 6.95. The van der Waals surface area contributed by atoms with Crippen LogP contribution < -0.4 is 5.73 Å². The molecule has 0 saturated carbocycles. The van der Waals surface area contributed by atoms with Crippen LogP contribution in [-0.2, 0) is 0 Å². The average Bonchev–Trinajstić information content (AvgIpc) is 2.15. The van der Waals surface area contributed by atoms with Crippen LogP contribution >= 0.6 is 0 Å². The number of rotatable bonds is 2. The van der Waals surface area contributed by atoms with Gasteiger partial charge in [-0.3, -0.25) is 9.78 Å². The van der Waals surface area contributed by atoms with E-state index in [0.717, 1.165) is 12.3 Å². The fraction of sp³-hybridized carbons (Fsp3) is 0.250. The first-order valence-electron chi connectivity index (χ1n) is 3.68. The number of carbonyl (C=O) groups excluding carboxylic acids is 1. The first-order valence-corrected chi connectivity index (χ1v) is 3.68. The maximum Gasteiger partial charge on any atom is 0.407 e. The number of aldehydes is 1. The van der Waals surface area contributed by atoms with E-state index in [-0.39, 0.29) is 11.3 Å². The van der Waals surface area contributed by atoms with Gasteiger partial charge in [0, 0.05) is 6.20 Å². The molecule has 0 radical (unpaired) electrons. The van der Waals surface area contributed by atoms with Crippen molar-refractivity contribution in [1.82, 2.24) is 4.98 Å². The summed E-state index contributed by atoms with van der Waals surface area (Å²) in [4.78, 5) is 13.7. The summed E-state index contributed by atoms with van der Waals surface area (Å²) in [5.74, 6) is 0. The minimum absolute atomic E-state index is 0.0723. The van der Waals surface area contributed by atoms with Gasteiger partial charge in [-0.1, -0.05) is 6.07 Å². The molecule has 1 aromatic rings. The van der Waals surface area contributed by atoms with E-state index in [1.807, 2.05) is 0 Å². The number of nitrogens with zero attached hydrogens (tertiary/aromatic N) is 1. The molecule has 6 heteroatoms. The Morgan fingerprint density at radius 3 is 2.43 bits per heavy atom. The van der Waals surface area contributed by atoms with E-state index in [4.69, 9.17) is 5.73 Å². The predicted molar refractivity (Wildman–Crippen MR) is 42.6 cm³/mol. The largest absolute Gasteiger partial charge is 0.407 e. The van der Waals surface area contributed by atoms with Crippen molar-refractivity contribution in [2.45, 2.75) is 12.2 Å². The Morgan fingerprint density at radius 1 is 1.43 bits per heavy atom. The topological polar surface area (TPSA) is 56.0 Å². The second-order valence-electron chi connectivity index (χ2n) is 2.65. The predicted octanol–water partition coefficient (Wildman–Crippen LogP) is 1.46. The second kappa shape index (κ2) is 3.75. The zero-order valence-electron chi connectivity index (χ0n) is 6.95. The fourth-order valence-electron chi connectivity index (χ4n) is 0.859. The number of aromatic nitrogens is 1. The highest BCUT2D eigenvalue weighted by atomic mass is 19.4. The van der Waals surface area contributed by atoms with Crippen molar-refractivity contribution in [3.05, 3.63) is 29.6 Å². The summed E-state index contributed by atoms with van der Waals surface area (Å²) in [6.45, 7) is 0. The van der Waals surface area contributed by atoms with E-state index >= 15 is 0 Å². The summed E-state index contributed by atoms with van der Waals surface area (Å²) in [5.41, 5.74) is 4.82. The lowest BCUT2D eigenvalue weighted by Crippen LogP contribution is -2.28. The molecular weight excluding hydrogens is 197 g/mol. The number of alkyl halides is 3. The highest BCUT2D eigenvalue weighted by Gasteiger charge is 2.37. The molecule has 1 atom stereocenters. The third-order valence-electron chi connectivity index (χ3n) is 1.64. The van der Waals surface area contributed by atoms with E-state index in [0.29, 0.717) is 6.29 Å². The van der Waals surface area contributed by atoms with Gasteiger partial charge in [0.05, 0.1) is 0 Å². The first kappa shape index (κ1) is 10.6. The molecule has 0 unspecified atom stereocenters. The molecule has 2 N–H and O–H groups in total. The van der Waals surface area contributed by atoms with E-state index in [1.54, 1.807) is 0 Å². The SMILES string of the molecule is N[C@H](c1ccc(C=O)nc1)C(F)(F)F. The molecule has 0 aliphatic rings. The molecule has 1 aromatic heterocycles. The molecule has 0 fully saturated rings. The lowest BCUT2D eigenvalue weighted by Gasteiger charge is -2.15. The summed E-state index contributed by atoms with van der Waals surface area (Å²) in [5, 5.41) is 0. The number of carbonyl (C=O) groups is 1. The van der Waals surface area contributed by atoms with Crippen molar-refractivity contribution in [2.75, 3.05) is 0 Å². The monoisotopic (exact) mass is 204 g/mol. The van der Waals surface area contributed by atoms with Gasteiger partial charge in [0.2, 0.25) is 0 Å². The van der Waals surface area contributed by atoms with Gasteiger partial charge in [-0.15, -0.1) is 0 Å². The van der Waals surface area contributed by atoms with Crippen LogP contribution in [0.5, 0.6) is 0 Å². The van der Waals surface area contributed by atoms with E-state index in [1.165, 1.54) is 6.07 Å². The molecule has 0 amide bonds. The number of halogens is 3. The van der Waals surface area contributed by atoms with Crippen molar-refractivity contribution in [2.24, 2.45) is 5.73 Å². The van der Waals surface area contributed by atoms with Gasteiger partial charge in [0.15, 0.2) is 6.29 Å². The van der Waals surface area contributed by atoms with Gasteiger partial charge in [0.1, 0.15) is 11.7 Å². The molecule has 0 saturated heterocycles. The van der Waals surface area contributed by atoms with Crippen LogP contribution in [0.25, 0.3) is 0 Å². The molecule has 14 heavy (non-hydrogen) atoms. The van der Waals surface area contributed by atoms with Crippen LogP contribution in [0.2, 0.25) is 0 Å². The van der Waals surface area contributed by atoms with Crippen molar-refractivity contribution in [3.8, 4) is 0 Å². The minimum Gasteiger partial charge on any atom is -0.316 e. The van der Waals surface area contributed by atoms with Crippen LogP contribution in [0, 0.1) is 0 Å². The molecule has 0 spiro atoms. The van der Waals surface area contributed by atoms with Gasteiger partial charge in [-0.25, -0.2) is 0 Å². The quantitative estimate of drug-likeness (QED) is 0.742. The van der Waals surface area contributed by atoms with Crippen LogP contribution in [0.15, 0.2) is 18.3 Å². The van der Waals surface area contributed by atoms with E-state index < -0.39 is 12.2 Å². The summed E-state index contributed by atoms with van der Waals surface area (Å²) in [6.07, 6.45) is -3.10. The molecule has 76 valence electrons. The van der Waals surface area contributed by atoms with Gasteiger partial charge < -0.3 is 5.73 Å². The Morgan fingerprint density at radius 2 is 2.07 bits per heavy atom. The fourth-order valence-corrected chi connectivity index (χ4v) is 0.859. The Labute approximate surface area is 77.7 Å². The van der Waals surface area contributed by atoms with Crippen LogP contribution in [0.1, 0.15) is 22.1 Å². The molecule has 3 nitrogen and oxygen atoms in total. The highest BCUT2D eigenvalue weighted by Crippen LogP contribution is 2.29. The van der Waals surface area contributed by atoms with Crippen molar-refractivity contribution < 1.29 is 18.0 Å². The number of pyridine rings is 1. The smallest absolute Gasteiger partial charge is 0.316 e. The Hall–Kier alpha value is -1.43. The van der Waals surface area contributed by atoms with Crippen molar-refractivity contribution >= 4 is 6.29 Å². The second-order valence-corrected chi connectivity index (χ2v) is 2.65. The number of hydrogen-bond donors (Lipinski definition) is 1. The number of hydrogen-bond acceptors (Lipinski definition) is 3. The van der Waals surface area contributed by atoms with Crippen LogP contribution in [0.3, 0.4) is 0 Å². The Balaban J connectivity index is 2.92. The molecule has 0 aliphatic carbocycles. The lowest BCUT2D eigenvalue weighted by atomic mass is 10.1. The number of nitrogens with two attached hydrogens (primary N) is 1. The molecule has 0 bridgehead atoms. The molecule has 1 heterocycles. The van der Waals surface area contributed by atoms with Gasteiger partial charge in [-0.05, 0) is 11.6 Å².